The number of hydrogen-bond acceptors (Lipinski definition) is 2. The third-order valence-corrected chi connectivity index (χ3v) is 2.71. The number of likely N-dealkylation sites (N-methyl/N-ethyl adjacent to an activating group) is 1. The van der Waals surface area contributed by atoms with E-state index in [2.05, 4.69) is 6.58 Å². The van der Waals surface area contributed by atoms with Crippen LogP contribution in [0.15, 0.2) is 12.7 Å². The lowest BCUT2D eigenvalue weighted by molar-refractivity contribution is -0.134. The van der Waals surface area contributed by atoms with Gasteiger partial charge in [-0.1, -0.05) is 6.08 Å². The zero-order chi connectivity index (χ0) is 9.84. The molecule has 2 N–H and O–H groups in total. The van der Waals surface area contributed by atoms with Crippen LogP contribution in [0.25, 0.3) is 0 Å². The lowest BCUT2D eigenvalue weighted by atomic mass is 9.91. The van der Waals surface area contributed by atoms with Crippen molar-refractivity contribution in [3.8, 4) is 0 Å². The largest absolute Gasteiger partial charge is 0.341 e. The molecule has 1 amide bonds. The van der Waals surface area contributed by atoms with Gasteiger partial charge in [0.15, 0.2) is 0 Å². The van der Waals surface area contributed by atoms with Crippen LogP contribution in [0, 0.1) is 0 Å². The van der Waals surface area contributed by atoms with Gasteiger partial charge in [0.05, 0.1) is 6.04 Å². The molecule has 1 rings (SSSR count). The van der Waals surface area contributed by atoms with Gasteiger partial charge in [-0.2, -0.15) is 0 Å². The van der Waals surface area contributed by atoms with Crippen molar-refractivity contribution in [3.05, 3.63) is 12.7 Å². The molecule has 0 saturated heterocycles. The molecule has 3 nitrogen and oxygen atoms in total. The van der Waals surface area contributed by atoms with Crippen molar-refractivity contribution < 1.29 is 4.79 Å². The minimum absolute atomic E-state index is 0.0459. The van der Waals surface area contributed by atoms with Crippen LogP contribution in [-0.2, 0) is 4.79 Å². The summed E-state index contributed by atoms with van der Waals surface area (Å²) in [7, 11) is 1.84. The summed E-state index contributed by atoms with van der Waals surface area (Å²) in [5.41, 5.74) is 5.68. The topological polar surface area (TPSA) is 46.3 Å². The molecule has 1 atom stereocenters. The van der Waals surface area contributed by atoms with Crippen molar-refractivity contribution in [2.75, 3.05) is 7.05 Å². The van der Waals surface area contributed by atoms with Crippen LogP contribution in [0.4, 0.5) is 0 Å². The fourth-order valence-corrected chi connectivity index (χ4v) is 1.50. The molecule has 0 aromatic rings. The molecule has 0 aromatic heterocycles. The van der Waals surface area contributed by atoms with E-state index in [0.29, 0.717) is 12.5 Å². The average Bonchev–Trinajstić information content (AvgIpc) is 2.00. The summed E-state index contributed by atoms with van der Waals surface area (Å²) < 4.78 is 0. The highest BCUT2D eigenvalue weighted by atomic mass is 16.2. The van der Waals surface area contributed by atoms with Crippen molar-refractivity contribution in [2.24, 2.45) is 5.73 Å². The van der Waals surface area contributed by atoms with E-state index in [1.54, 1.807) is 11.0 Å². The lowest BCUT2D eigenvalue weighted by Gasteiger charge is -2.35. The first-order valence-corrected chi connectivity index (χ1v) is 4.80. The molecule has 0 spiro atoms. The fraction of sp³-hybridized carbons (Fsp3) is 0.700. The van der Waals surface area contributed by atoms with E-state index in [4.69, 9.17) is 5.73 Å². The molecule has 74 valence electrons. The molecular formula is C10H18N2O. The summed E-state index contributed by atoms with van der Waals surface area (Å²) in [6.45, 7) is 3.57. The highest BCUT2D eigenvalue weighted by Gasteiger charge is 2.27. The van der Waals surface area contributed by atoms with E-state index in [9.17, 15) is 4.79 Å². The standard InChI is InChI=1S/C10H18N2O/c1-3-5-9(11)10(13)12(2)8-6-4-7-8/h3,8-9H,1,4-7,11H2,2H3. The highest BCUT2D eigenvalue weighted by molar-refractivity contribution is 5.81. The van der Waals surface area contributed by atoms with Crippen molar-refractivity contribution in [1.82, 2.24) is 4.90 Å². The van der Waals surface area contributed by atoms with Crippen LogP contribution >= 0.6 is 0 Å². The summed E-state index contributed by atoms with van der Waals surface area (Å²) in [5, 5.41) is 0. The molecule has 1 unspecified atom stereocenters. The fourth-order valence-electron chi connectivity index (χ4n) is 1.50. The van der Waals surface area contributed by atoms with Gasteiger partial charge in [-0.05, 0) is 25.7 Å². The molecule has 0 aliphatic heterocycles. The van der Waals surface area contributed by atoms with Crippen molar-refractivity contribution in [3.63, 3.8) is 0 Å². The monoisotopic (exact) mass is 182 g/mol. The van der Waals surface area contributed by atoms with E-state index < -0.39 is 6.04 Å². The minimum Gasteiger partial charge on any atom is -0.341 e. The normalized spacial score (nSPS) is 18.9. The van der Waals surface area contributed by atoms with Crippen LogP contribution in [0.3, 0.4) is 0 Å². The Morgan fingerprint density at radius 2 is 2.38 bits per heavy atom. The molecule has 1 fully saturated rings. The second kappa shape index (κ2) is 4.42. The predicted molar refractivity (Wildman–Crippen MR) is 53.2 cm³/mol. The lowest BCUT2D eigenvalue weighted by Crippen LogP contribution is -2.48. The zero-order valence-electron chi connectivity index (χ0n) is 8.20. The molecule has 1 saturated carbocycles. The SMILES string of the molecule is C=CCC(N)C(=O)N(C)C1CCC1. The third kappa shape index (κ3) is 2.31. The van der Waals surface area contributed by atoms with E-state index >= 15 is 0 Å². The smallest absolute Gasteiger partial charge is 0.239 e. The Kier molecular flexibility index (Phi) is 3.48. The molecule has 0 aromatic carbocycles. The van der Waals surface area contributed by atoms with Gasteiger partial charge in [-0.25, -0.2) is 0 Å². The summed E-state index contributed by atoms with van der Waals surface area (Å²) in [4.78, 5) is 13.4. The van der Waals surface area contributed by atoms with Crippen LogP contribution in [-0.4, -0.2) is 29.9 Å². The molecule has 13 heavy (non-hydrogen) atoms. The van der Waals surface area contributed by atoms with Crippen molar-refractivity contribution >= 4 is 5.91 Å². The number of carbonyl (C=O) groups excluding carboxylic acids is 1. The van der Waals surface area contributed by atoms with E-state index in [-0.39, 0.29) is 5.91 Å². The number of nitrogens with two attached hydrogens (primary N) is 1. The first-order chi connectivity index (χ1) is 6.16. The first-order valence-electron chi connectivity index (χ1n) is 4.80. The Morgan fingerprint density at radius 3 is 2.77 bits per heavy atom. The van der Waals surface area contributed by atoms with E-state index in [1.165, 1.54) is 6.42 Å². The summed E-state index contributed by atoms with van der Waals surface area (Å²) in [5.74, 6) is 0.0459. The number of carbonyl (C=O) groups is 1. The van der Waals surface area contributed by atoms with Gasteiger partial charge in [-0.15, -0.1) is 6.58 Å². The van der Waals surface area contributed by atoms with E-state index in [1.807, 2.05) is 7.05 Å². The molecule has 0 radical (unpaired) electrons. The summed E-state index contributed by atoms with van der Waals surface area (Å²) >= 11 is 0. The number of hydrogen-bond donors (Lipinski definition) is 1. The Hall–Kier alpha value is -0.830. The average molecular weight is 182 g/mol. The predicted octanol–water partition coefficient (Wildman–Crippen LogP) is 0.901. The Balaban J connectivity index is 2.40. The first kappa shape index (κ1) is 10.3. The second-order valence-corrected chi connectivity index (χ2v) is 3.66. The van der Waals surface area contributed by atoms with Crippen LogP contribution in [0.5, 0.6) is 0 Å². The van der Waals surface area contributed by atoms with Gasteiger partial charge in [0.2, 0.25) is 5.91 Å². The van der Waals surface area contributed by atoms with Gasteiger partial charge in [0.1, 0.15) is 0 Å². The van der Waals surface area contributed by atoms with Gasteiger partial charge < -0.3 is 10.6 Å². The summed E-state index contributed by atoms with van der Waals surface area (Å²) in [6, 6.07) is 0.0338. The molecule has 1 aliphatic carbocycles. The Morgan fingerprint density at radius 1 is 1.77 bits per heavy atom. The summed E-state index contributed by atoms with van der Waals surface area (Å²) in [6.07, 6.45) is 5.75. The van der Waals surface area contributed by atoms with Crippen LogP contribution < -0.4 is 5.73 Å². The maximum Gasteiger partial charge on any atom is 0.239 e. The minimum atomic E-state index is -0.400. The van der Waals surface area contributed by atoms with Gasteiger partial charge in [0, 0.05) is 13.1 Å². The van der Waals surface area contributed by atoms with Gasteiger partial charge in [0.25, 0.3) is 0 Å². The number of nitrogens with zero attached hydrogens (tertiary/aromatic N) is 1. The Bertz CT molecular complexity index is 199. The molecule has 0 bridgehead atoms. The van der Waals surface area contributed by atoms with Gasteiger partial charge in [-0.3, -0.25) is 4.79 Å². The molecule has 0 heterocycles. The quantitative estimate of drug-likeness (QED) is 0.657. The maximum absolute atomic E-state index is 11.6. The van der Waals surface area contributed by atoms with Crippen LogP contribution in [0.2, 0.25) is 0 Å². The second-order valence-electron chi connectivity index (χ2n) is 3.66. The van der Waals surface area contributed by atoms with Crippen molar-refractivity contribution in [2.45, 2.75) is 37.8 Å². The molecule has 3 heteroatoms. The van der Waals surface area contributed by atoms with Gasteiger partial charge >= 0.3 is 0 Å². The molecular weight excluding hydrogens is 164 g/mol. The number of amides is 1. The highest BCUT2D eigenvalue weighted by Crippen LogP contribution is 2.23. The maximum atomic E-state index is 11.6. The zero-order valence-corrected chi connectivity index (χ0v) is 8.20. The van der Waals surface area contributed by atoms with Crippen molar-refractivity contribution in [1.29, 1.82) is 0 Å². The molecule has 1 aliphatic rings. The van der Waals surface area contributed by atoms with Crippen LogP contribution in [0.1, 0.15) is 25.7 Å². The Labute approximate surface area is 79.6 Å². The van der Waals surface area contributed by atoms with E-state index in [0.717, 1.165) is 12.8 Å². The third-order valence-electron chi connectivity index (χ3n) is 2.71. The number of rotatable bonds is 4.